The lowest BCUT2D eigenvalue weighted by atomic mass is 10.1. The van der Waals surface area contributed by atoms with Crippen molar-refractivity contribution >= 4 is 18.3 Å². The van der Waals surface area contributed by atoms with Gasteiger partial charge in [-0.05, 0) is 44.4 Å². The van der Waals surface area contributed by atoms with E-state index in [-0.39, 0.29) is 30.2 Å². The zero-order chi connectivity index (χ0) is 16.7. The molecule has 4 rings (SSSR count). The van der Waals surface area contributed by atoms with Gasteiger partial charge in [0.1, 0.15) is 11.5 Å². The van der Waals surface area contributed by atoms with E-state index in [1.807, 2.05) is 7.05 Å². The minimum absolute atomic E-state index is 0. The van der Waals surface area contributed by atoms with Crippen molar-refractivity contribution in [3.05, 3.63) is 47.0 Å². The average Bonchev–Trinajstić information content (AvgIpc) is 3.31. The third-order valence-electron chi connectivity index (χ3n) is 5.12. The summed E-state index contributed by atoms with van der Waals surface area (Å²) in [7, 11) is 1.84. The minimum Gasteiger partial charge on any atom is -0.336 e. The van der Waals surface area contributed by atoms with E-state index >= 15 is 0 Å². The fourth-order valence-electron chi connectivity index (χ4n) is 3.73. The maximum Gasteiger partial charge on any atom is 0.274 e. The Balaban J connectivity index is 0.00000182. The summed E-state index contributed by atoms with van der Waals surface area (Å²) >= 11 is 0. The third kappa shape index (κ3) is 3.04. The summed E-state index contributed by atoms with van der Waals surface area (Å²) in [6.45, 7) is 1.75. The number of hydrogen-bond acceptors (Lipinski definition) is 3. The Kier molecular flexibility index (Phi) is 5.11. The zero-order valence-electron chi connectivity index (χ0n) is 14.2. The van der Waals surface area contributed by atoms with Crippen molar-refractivity contribution < 1.29 is 9.18 Å². The van der Waals surface area contributed by atoms with Crippen LogP contribution in [0.3, 0.4) is 0 Å². The lowest BCUT2D eigenvalue weighted by Crippen LogP contribution is -2.39. The molecule has 1 aliphatic carbocycles. The van der Waals surface area contributed by atoms with E-state index in [9.17, 15) is 9.18 Å². The molecule has 1 N–H and O–H groups in total. The van der Waals surface area contributed by atoms with Crippen LogP contribution in [0.15, 0.2) is 24.3 Å². The second-order valence-corrected chi connectivity index (χ2v) is 6.55. The largest absolute Gasteiger partial charge is 0.336 e. The molecule has 2 aromatic rings. The molecule has 1 saturated heterocycles. The van der Waals surface area contributed by atoms with Crippen LogP contribution in [0, 0.1) is 5.82 Å². The molecule has 1 aromatic heterocycles. The fraction of sp³-hybridized carbons (Fsp3) is 0.444. The summed E-state index contributed by atoms with van der Waals surface area (Å²) in [5.41, 5.74) is 2.86. The number of benzene rings is 1. The Morgan fingerprint density at radius 3 is 2.88 bits per heavy atom. The molecule has 1 unspecified atom stereocenters. The minimum atomic E-state index is -0.318. The topological polar surface area (TPSA) is 50.2 Å². The predicted octanol–water partition coefficient (Wildman–Crippen LogP) is 2.36. The summed E-state index contributed by atoms with van der Waals surface area (Å²) in [6.07, 6.45) is 3.61. The van der Waals surface area contributed by atoms with Crippen LogP contribution < -0.4 is 5.32 Å². The van der Waals surface area contributed by atoms with Gasteiger partial charge in [-0.3, -0.25) is 4.79 Å². The Hall–Kier alpha value is -1.92. The number of rotatable bonds is 3. The van der Waals surface area contributed by atoms with E-state index in [4.69, 9.17) is 0 Å². The number of aromatic nitrogens is 2. The first kappa shape index (κ1) is 17.9. The van der Waals surface area contributed by atoms with Gasteiger partial charge >= 0.3 is 0 Å². The van der Waals surface area contributed by atoms with Crippen molar-refractivity contribution in [1.29, 1.82) is 0 Å². The molecule has 0 radical (unpaired) electrons. The molecule has 0 bridgehead atoms. The van der Waals surface area contributed by atoms with Gasteiger partial charge in [0, 0.05) is 30.9 Å². The van der Waals surface area contributed by atoms with Gasteiger partial charge < -0.3 is 10.2 Å². The van der Waals surface area contributed by atoms with Crippen molar-refractivity contribution in [1.82, 2.24) is 20.0 Å². The second-order valence-electron chi connectivity index (χ2n) is 6.55. The van der Waals surface area contributed by atoms with Crippen LogP contribution in [-0.4, -0.2) is 46.8 Å². The molecule has 1 amide bonds. The van der Waals surface area contributed by atoms with E-state index in [0.29, 0.717) is 11.4 Å². The lowest BCUT2D eigenvalue weighted by molar-refractivity contribution is 0.0736. The number of hydrogen-bond donors (Lipinski definition) is 1. The number of carbonyl (C=O) groups excluding carboxylic acids is 1. The summed E-state index contributed by atoms with van der Waals surface area (Å²) in [5, 5.41) is 7.80. The second kappa shape index (κ2) is 7.14. The molecule has 0 spiro atoms. The molecular formula is C18H22ClFN4O. The molecule has 5 nitrogen and oxygen atoms in total. The van der Waals surface area contributed by atoms with Gasteiger partial charge in [0.05, 0.1) is 0 Å². The zero-order valence-corrected chi connectivity index (χ0v) is 15.0. The highest BCUT2D eigenvalue weighted by molar-refractivity contribution is 5.94. The number of nitrogens with zero attached hydrogens (tertiary/aromatic N) is 3. The molecule has 7 heteroatoms. The number of likely N-dealkylation sites (N-methyl/N-ethyl adjacent to an activating group) is 1. The van der Waals surface area contributed by atoms with Gasteiger partial charge in [-0.2, -0.15) is 5.10 Å². The van der Waals surface area contributed by atoms with Crippen LogP contribution in [0.2, 0.25) is 0 Å². The molecule has 1 aliphatic heterocycles. The number of amides is 1. The molecular weight excluding hydrogens is 343 g/mol. The van der Waals surface area contributed by atoms with Crippen LogP contribution >= 0.6 is 12.4 Å². The Labute approximate surface area is 152 Å². The van der Waals surface area contributed by atoms with E-state index in [2.05, 4.69) is 10.4 Å². The first-order valence-electron chi connectivity index (χ1n) is 8.50. The molecule has 0 saturated carbocycles. The number of halogens is 2. The fourth-order valence-corrected chi connectivity index (χ4v) is 3.73. The predicted molar refractivity (Wildman–Crippen MR) is 96.2 cm³/mol. The molecule has 2 heterocycles. The smallest absolute Gasteiger partial charge is 0.274 e. The maximum atomic E-state index is 14.2. The first-order valence-corrected chi connectivity index (χ1v) is 8.50. The van der Waals surface area contributed by atoms with Crippen molar-refractivity contribution in [2.75, 3.05) is 20.1 Å². The monoisotopic (exact) mass is 364 g/mol. The SMILES string of the molecule is CN(C(=O)c1nn(-c2ccccc2F)c2c1CCC2)C1CCNC1.Cl. The van der Waals surface area contributed by atoms with Gasteiger partial charge in [-0.1, -0.05) is 12.1 Å². The van der Waals surface area contributed by atoms with Crippen LogP contribution in [0.25, 0.3) is 5.69 Å². The van der Waals surface area contributed by atoms with Crippen molar-refractivity contribution in [2.24, 2.45) is 0 Å². The summed E-state index contributed by atoms with van der Waals surface area (Å²) in [5.74, 6) is -0.376. The average molecular weight is 365 g/mol. The van der Waals surface area contributed by atoms with Crippen molar-refractivity contribution in [3.63, 3.8) is 0 Å². The highest BCUT2D eigenvalue weighted by atomic mass is 35.5. The standard InChI is InChI=1S/C18H21FN4O.ClH/c1-22(12-9-10-20-11-12)18(24)17-13-5-4-8-15(13)23(21-17)16-7-3-2-6-14(16)19;/h2-3,6-7,12,20H,4-5,8-11H2,1H3;1H. The van der Waals surface area contributed by atoms with Crippen LogP contribution in [0.1, 0.15) is 34.6 Å². The molecule has 1 atom stereocenters. The molecule has 2 aliphatic rings. The summed E-state index contributed by atoms with van der Waals surface area (Å²) in [6, 6.07) is 6.79. The molecule has 1 fully saturated rings. The van der Waals surface area contributed by atoms with E-state index in [1.165, 1.54) is 6.07 Å². The van der Waals surface area contributed by atoms with E-state index < -0.39 is 0 Å². The maximum absolute atomic E-state index is 14.2. The quantitative estimate of drug-likeness (QED) is 0.909. The number of nitrogens with one attached hydrogen (secondary N) is 1. The van der Waals surface area contributed by atoms with E-state index in [0.717, 1.165) is 50.0 Å². The number of para-hydroxylation sites is 1. The van der Waals surface area contributed by atoms with Gasteiger partial charge in [-0.25, -0.2) is 9.07 Å². The van der Waals surface area contributed by atoms with Crippen LogP contribution in [0.4, 0.5) is 4.39 Å². The summed E-state index contributed by atoms with van der Waals surface area (Å²) < 4.78 is 15.8. The van der Waals surface area contributed by atoms with Crippen LogP contribution in [-0.2, 0) is 12.8 Å². The van der Waals surface area contributed by atoms with E-state index in [1.54, 1.807) is 27.8 Å². The van der Waals surface area contributed by atoms with Crippen molar-refractivity contribution in [2.45, 2.75) is 31.7 Å². The summed E-state index contributed by atoms with van der Waals surface area (Å²) in [4.78, 5) is 14.7. The van der Waals surface area contributed by atoms with Gasteiger partial charge in [0.2, 0.25) is 0 Å². The van der Waals surface area contributed by atoms with Gasteiger partial charge in [-0.15, -0.1) is 12.4 Å². The third-order valence-corrected chi connectivity index (χ3v) is 5.12. The van der Waals surface area contributed by atoms with Gasteiger partial charge in [0.15, 0.2) is 5.69 Å². The molecule has 134 valence electrons. The Morgan fingerprint density at radius 2 is 2.16 bits per heavy atom. The van der Waals surface area contributed by atoms with Crippen molar-refractivity contribution in [3.8, 4) is 5.69 Å². The first-order chi connectivity index (χ1) is 11.7. The molecule has 1 aromatic carbocycles. The number of carbonyl (C=O) groups is 1. The normalized spacial score (nSPS) is 18.7. The highest BCUT2D eigenvalue weighted by Gasteiger charge is 2.32. The Morgan fingerprint density at radius 1 is 1.36 bits per heavy atom. The lowest BCUT2D eigenvalue weighted by Gasteiger charge is -2.23. The Bertz CT molecular complexity index is 785. The number of fused-ring (bicyclic) bond motifs is 1. The van der Waals surface area contributed by atoms with Gasteiger partial charge in [0.25, 0.3) is 5.91 Å². The highest BCUT2D eigenvalue weighted by Crippen LogP contribution is 2.29. The van der Waals surface area contributed by atoms with Crippen LogP contribution in [0.5, 0.6) is 0 Å². The molecule has 25 heavy (non-hydrogen) atoms.